The highest BCUT2D eigenvalue weighted by Gasteiger charge is 2.37. The molecule has 0 aromatic heterocycles. The maximum atomic E-state index is 5.26. The molecule has 1 aliphatic rings. The molecule has 106 valence electrons. The summed E-state index contributed by atoms with van der Waals surface area (Å²) in [7, 11) is 1.69. The first-order valence-corrected chi connectivity index (χ1v) is 7.35. The van der Waals surface area contributed by atoms with E-state index in [-0.39, 0.29) is 5.41 Å². The Bertz CT molecular complexity index is 694. The first-order valence-electron chi connectivity index (χ1n) is 7.35. The summed E-state index contributed by atoms with van der Waals surface area (Å²) in [5, 5.41) is 0. The quantitative estimate of drug-likeness (QED) is 0.707. The molecule has 1 unspecified atom stereocenters. The molecule has 0 aliphatic heterocycles. The van der Waals surface area contributed by atoms with Crippen LogP contribution >= 0.6 is 0 Å². The highest BCUT2D eigenvalue weighted by Crippen LogP contribution is 2.49. The molecule has 0 spiro atoms. The third kappa shape index (κ3) is 2.01. The Morgan fingerprint density at radius 2 is 1.81 bits per heavy atom. The summed E-state index contributed by atoms with van der Waals surface area (Å²) in [6, 6.07) is 16.9. The highest BCUT2D eigenvalue weighted by atomic mass is 16.5. The number of fused-ring (bicyclic) bond motifs is 1. The van der Waals surface area contributed by atoms with E-state index in [2.05, 4.69) is 62.1 Å². The van der Waals surface area contributed by atoms with E-state index < -0.39 is 0 Å². The van der Waals surface area contributed by atoms with E-state index >= 15 is 0 Å². The highest BCUT2D eigenvalue weighted by molar-refractivity contribution is 5.95. The molecular formula is C20H20O. The molecule has 0 saturated heterocycles. The third-order valence-corrected chi connectivity index (χ3v) is 4.53. The van der Waals surface area contributed by atoms with Gasteiger partial charge in [-0.3, -0.25) is 0 Å². The number of rotatable bonds is 4. The monoisotopic (exact) mass is 276 g/mol. The minimum atomic E-state index is -0.0921. The van der Waals surface area contributed by atoms with Gasteiger partial charge in [0.1, 0.15) is 5.75 Å². The van der Waals surface area contributed by atoms with Crippen molar-refractivity contribution in [3.05, 3.63) is 77.9 Å². The Balaban J connectivity index is 2.15. The average Bonchev–Trinajstić information content (AvgIpc) is 2.89. The Hall–Kier alpha value is -2.28. The van der Waals surface area contributed by atoms with Gasteiger partial charge in [0, 0.05) is 5.41 Å². The van der Waals surface area contributed by atoms with Crippen LogP contribution < -0.4 is 4.74 Å². The average molecular weight is 276 g/mol. The zero-order chi connectivity index (χ0) is 14.9. The van der Waals surface area contributed by atoms with Gasteiger partial charge in [0.05, 0.1) is 7.11 Å². The van der Waals surface area contributed by atoms with E-state index in [1.807, 2.05) is 12.1 Å². The lowest BCUT2D eigenvalue weighted by Gasteiger charge is -2.30. The molecule has 0 N–H and O–H groups in total. The second-order valence-electron chi connectivity index (χ2n) is 5.40. The Kier molecular flexibility index (Phi) is 3.42. The van der Waals surface area contributed by atoms with Crippen LogP contribution in [0.5, 0.6) is 5.75 Å². The lowest BCUT2D eigenvalue weighted by molar-refractivity contribution is 0.414. The molecule has 1 atom stereocenters. The van der Waals surface area contributed by atoms with Gasteiger partial charge in [-0.1, -0.05) is 49.4 Å². The lowest BCUT2D eigenvalue weighted by Crippen LogP contribution is -2.21. The van der Waals surface area contributed by atoms with Crippen LogP contribution in [0.4, 0.5) is 0 Å². The molecule has 0 radical (unpaired) electrons. The topological polar surface area (TPSA) is 9.23 Å². The van der Waals surface area contributed by atoms with E-state index in [1.165, 1.54) is 22.3 Å². The van der Waals surface area contributed by atoms with Crippen molar-refractivity contribution >= 4 is 11.6 Å². The van der Waals surface area contributed by atoms with Crippen LogP contribution in [0.3, 0.4) is 0 Å². The summed E-state index contributed by atoms with van der Waals surface area (Å²) in [5.41, 5.74) is 5.11. The fourth-order valence-corrected chi connectivity index (χ4v) is 3.32. The van der Waals surface area contributed by atoms with Crippen LogP contribution in [0.1, 0.15) is 30.0 Å². The van der Waals surface area contributed by atoms with Crippen molar-refractivity contribution in [3.63, 3.8) is 0 Å². The molecule has 1 nitrogen and oxygen atoms in total. The van der Waals surface area contributed by atoms with Gasteiger partial charge in [-0.05, 0) is 46.9 Å². The second kappa shape index (κ2) is 5.25. The number of ether oxygens (including phenoxy) is 1. The smallest absolute Gasteiger partial charge is 0.118 e. The molecule has 1 aliphatic carbocycles. The molecule has 3 rings (SSSR count). The fourth-order valence-electron chi connectivity index (χ4n) is 3.32. The van der Waals surface area contributed by atoms with E-state index in [4.69, 9.17) is 4.74 Å². The summed E-state index contributed by atoms with van der Waals surface area (Å²) in [6.45, 7) is 6.35. The number of benzene rings is 2. The number of hydrogen-bond acceptors (Lipinski definition) is 1. The predicted molar refractivity (Wildman–Crippen MR) is 89.5 cm³/mol. The van der Waals surface area contributed by atoms with Crippen molar-refractivity contribution in [2.45, 2.75) is 18.8 Å². The zero-order valence-electron chi connectivity index (χ0n) is 12.6. The van der Waals surface area contributed by atoms with Crippen LogP contribution in [-0.2, 0) is 5.41 Å². The minimum Gasteiger partial charge on any atom is -0.497 e. The molecule has 0 saturated carbocycles. The molecule has 2 aromatic carbocycles. The molecule has 0 fully saturated rings. The van der Waals surface area contributed by atoms with E-state index in [1.54, 1.807) is 7.11 Å². The molecule has 0 bridgehead atoms. The van der Waals surface area contributed by atoms with Gasteiger partial charge < -0.3 is 4.74 Å². The van der Waals surface area contributed by atoms with Crippen LogP contribution in [0.2, 0.25) is 0 Å². The number of allylic oxidation sites excluding steroid dienone is 2. The molecular weight excluding hydrogens is 256 g/mol. The van der Waals surface area contributed by atoms with E-state index in [9.17, 15) is 0 Å². The molecule has 2 aromatic rings. The van der Waals surface area contributed by atoms with Crippen LogP contribution in [0, 0.1) is 0 Å². The van der Waals surface area contributed by atoms with E-state index in [0.717, 1.165) is 12.2 Å². The standard InChI is InChI=1S/C20H20O/c1-4-20(5-2)18-9-7-6-8-16(18)14-19(20)15-10-12-17(21-3)13-11-15/h4,6-14H,1,5H2,2-3H3. The number of hydrogen-bond donors (Lipinski definition) is 0. The molecule has 0 amide bonds. The summed E-state index contributed by atoms with van der Waals surface area (Å²) in [6.07, 6.45) is 5.39. The second-order valence-corrected chi connectivity index (χ2v) is 5.40. The molecule has 0 heterocycles. The zero-order valence-corrected chi connectivity index (χ0v) is 12.6. The van der Waals surface area contributed by atoms with Gasteiger partial charge >= 0.3 is 0 Å². The fraction of sp³-hybridized carbons (Fsp3) is 0.200. The first kappa shape index (κ1) is 13.7. The SMILES string of the molecule is C=CC1(CC)C(c2ccc(OC)cc2)=Cc2ccccc21. The largest absolute Gasteiger partial charge is 0.497 e. The summed E-state index contributed by atoms with van der Waals surface area (Å²) < 4.78 is 5.26. The predicted octanol–water partition coefficient (Wildman–Crippen LogP) is 5.08. The number of methoxy groups -OCH3 is 1. The van der Waals surface area contributed by atoms with Crippen molar-refractivity contribution in [2.24, 2.45) is 0 Å². The van der Waals surface area contributed by atoms with Gasteiger partial charge in [-0.25, -0.2) is 0 Å². The van der Waals surface area contributed by atoms with Crippen molar-refractivity contribution in [1.29, 1.82) is 0 Å². The van der Waals surface area contributed by atoms with Crippen molar-refractivity contribution in [1.82, 2.24) is 0 Å². The maximum Gasteiger partial charge on any atom is 0.118 e. The van der Waals surface area contributed by atoms with Crippen molar-refractivity contribution in [3.8, 4) is 5.75 Å². The maximum absolute atomic E-state index is 5.26. The lowest BCUT2D eigenvalue weighted by atomic mass is 9.73. The molecule has 1 heteroatoms. The Labute approximate surface area is 126 Å². The Morgan fingerprint density at radius 1 is 1.10 bits per heavy atom. The van der Waals surface area contributed by atoms with Crippen molar-refractivity contribution in [2.75, 3.05) is 7.11 Å². The van der Waals surface area contributed by atoms with Crippen LogP contribution in [-0.4, -0.2) is 7.11 Å². The van der Waals surface area contributed by atoms with Crippen LogP contribution in [0.15, 0.2) is 61.2 Å². The van der Waals surface area contributed by atoms with Gasteiger partial charge in [0.15, 0.2) is 0 Å². The Morgan fingerprint density at radius 3 is 2.43 bits per heavy atom. The summed E-state index contributed by atoms with van der Waals surface area (Å²) >= 11 is 0. The third-order valence-electron chi connectivity index (χ3n) is 4.53. The van der Waals surface area contributed by atoms with Gasteiger partial charge in [0.2, 0.25) is 0 Å². The molecule has 21 heavy (non-hydrogen) atoms. The summed E-state index contributed by atoms with van der Waals surface area (Å²) in [5.74, 6) is 0.885. The van der Waals surface area contributed by atoms with Crippen LogP contribution in [0.25, 0.3) is 11.6 Å². The first-order chi connectivity index (χ1) is 10.2. The van der Waals surface area contributed by atoms with Gasteiger partial charge in [-0.15, -0.1) is 6.58 Å². The van der Waals surface area contributed by atoms with E-state index in [0.29, 0.717) is 0 Å². The normalized spacial score (nSPS) is 19.8. The van der Waals surface area contributed by atoms with Crippen molar-refractivity contribution < 1.29 is 4.74 Å². The van der Waals surface area contributed by atoms with Gasteiger partial charge in [-0.2, -0.15) is 0 Å². The van der Waals surface area contributed by atoms with Gasteiger partial charge in [0.25, 0.3) is 0 Å². The minimum absolute atomic E-state index is 0.0921. The summed E-state index contributed by atoms with van der Waals surface area (Å²) in [4.78, 5) is 0.